The summed E-state index contributed by atoms with van der Waals surface area (Å²) in [5.74, 6) is -1.80. The summed E-state index contributed by atoms with van der Waals surface area (Å²) in [5, 5.41) is 12.5. The maximum absolute atomic E-state index is 11.6. The molecule has 1 atom stereocenters. The van der Waals surface area contributed by atoms with Crippen LogP contribution in [0.25, 0.3) is 0 Å². The van der Waals surface area contributed by atoms with Crippen LogP contribution in [0.2, 0.25) is 10.0 Å². The second-order valence-electron chi connectivity index (χ2n) is 5.87. The fourth-order valence-electron chi connectivity index (χ4n) is 1.72. The van der Waals surface area contributed by atoms with Gasteiger partial charge < -0.3 is 15.2 Å². The smallest absolute Gasteiger partial charge is 0.407 e. The minimum absolute atomic E-state index is 0.0372. The van der Waals surface area contributed by atoms with Gasteiger partial charge in [-0.25, -0.2) is 4.79 Å². The van der Waals surface area contributed by atoms with E-state index in [0.29, 0.717) is 10.0 Å². The number of carboxylic acids is 1. The zero-order chi connectivity index (χ0) is 16.9. The molecule has 122 valence electrons. The van der Waals surface area contributed by atoms with Gasteiger partial charge in [-0.1, -0.05) is 29.3 Å². The summed E-state index contributed by atoms with van der Waals surface area (Å²) in [6, 6.07) is 4.93. The Balaban J connectivity index is 2.64. The number of ether oxygens (including phenoxy) is 1. The Labute approximate surface area is 139 Å². The lowest BCUT2D eigenvalue weighted by atomic mass is 9.99. The van der Waals surface area contributed by atoms with Crippen LogP contribution in [0.3, 0.4) is 0 Å². The fraction of sp³-hybridized carbons (Fsp3) is 0.467. The van der Waals surface area contributed by atoms with Crippen LogP contribution in [0.1, 0.15) is 26.3 Å². The molecular weight excluding hydrogens is 329 g/mol. The largest absolute Gasteiger partial charge is 0.481 e. The lowest BCUT2D eigenvalue weighted by molar-refractivity contribution is -0.141. The molecule has 1 aromatic carbocycles. The number of aliphatic carboxylic acids is 1. The normalized spacial score (nSPS) is 12.6. The Kier molecular flexibility index (Phi) is 6.50. The summed E-state index contributed by atoms with van der Waals surface area (Å²) in [6.45, 7) is 5.16. The van der Waals surface area contributed by atoms with Crippen molar-refractivity contribution >= 4 is 35.3 Å². The van der Waals surface area contributed by atoms with Gasteiger partial charge in [-0.15, -0.1) is 0 Å². The van der Waals surface area contributed by atoms with E-state index in [1.54, 1.807) is 39.0 Å². The van der Waals surface area contributed by atoms with Crippen LogP contribution in [0.4, 0.5) is 4.79 Å². The molecule has 22 heavy (non-hydrogen) atoms. The highest BCUT2D eigenvalue weighted by Crippen LogP contribution is 2.24. The van der Waals surface area contributed by atoms with Crippen molar-refractivity contribution in [1.29, 1.82) is 0 Å². The Bertz CT molecular complexity index is 555. The average molecular weight is 348 g/mol. The quantitative estimate of drug-likeness (QED) is 0.850. The van der Waals surface area contributed by atoms with Crippen molar-refractivity contribution in [3.63, 3.8) is 0 Å². The van der Waals surface area contributed by atoms with Crippen molar-refractivity contribution in [2.75, 3.05) is 6.54 Å². The van der Waals surface area contributed by atoms with Crippen LogP contribution in [0, 0.1) is 5.92 Å². The van der Waals surface area contributed by atoms with Crippen molar-refractivity contribution in [3.8, 4) is 0 Å². The minimum atomic E-state index is -1.01. The maximum atomic E-state index is 11.6. The molecule has 0 aromatic heterocycles. The molecule has 0 spiro atoms. The summed E-state index contributed by atoms with van der Waals surface area (Å²) in [5.41, 5.74) is 0.0970. The summed E-state index contributed by atoms with van der Waals surface area (Å²) < 4.78 is 5.07. The molecule has 0 fully saturated rings. The number of nitrogens with one attached hydrogen (secondary N) is 1. The SMILES string of the molecule is CC(C)(C)OC(=O)NCC(Cc1ccc(Cl)c(Cl)c1)C(=O)O. The lowest BCUT2D eigenvalue weighted by Gasteiger charge is -2.21. The molecule has 0 radical (unpaired) electrons. The van der Waals surface area contributed by atoms with Gasteiger partial charge in [-0.3, -0.25) is 4.79 Å². The van der Waals surface area contributed by atoms with E-state index < -0.39 is 23.6 Å². The second-order valence-corrected chi connectivity index (χ2v) is 6.68. The average Bonchev–Trinajstić information content (AvgIpc) is 2.36. The van der Waals surface area contributed by atoms with Gasteiger partial charge in [0.15, 0.2) is 0 Å². The van der Waals surface area contributed by atoms with Crippen molar-refractivity contribution < 1.29 is 19.4 Å². The number of amides is 1. The standard InChI is InChI=1S/C15H19Cl2NO4/c1-15(2,3)22-14(21)18-8-10(13(19)20)6-9-4-5-11(16)12(17)7-9/h4-5,7,10H,6,8H2,1-3H3,(H,18,21)(H,19,20). The molecule has 1 amide bonds. The van der Waals surface area contributed by atoms with Gasteiger partial charge >= 0.3 is 12.1 Å². The third-order valence-electron chi connectivity index (χ3n) is 2.71. The van der Waals surface area contributed by atoms with E-state index in [1.165, 1.54) is 0 Å². The first-order chi connectivity index (χ1) is 10.1. The number of carbonyl (C=O) groups is 2. The first kappa shape index (κ1) is 18.6. The molecule has 0 heterocycles. The number of carboxylic acid groups (broad SMARTS) is 1. The van der Waals surface area contributed by atoms with Gasteiger partial charge in [0, 0.05) is 6.54 Å². The Morgan fingerprint density at radius 1 is 1.27 bits per heavy atom. The number of hydrogen-bond donors (Lipinski definition) is 2. The molecule has 1 unspecified atom stereocenters. The lowest BCUT2D eigenvalue weighted by Crippen LogP contribution is -2.37. The van der Waals surface area contributed by atoms with Gasteiger partial charge in [0.1, 0.15) is 5.60 Å². The Morgan fingerprint density at radius 2 is 1.91 bits per heavy atom. The first-order valence-electron chi connectivity index (χ1n) is 6.72. The number of rotatable bonds is 5. The molecule has 7 heteroatoms. The number of halogens is 2. The summed E-state index contributed by atoms with van der Waals surface area (Å²) in [6.07, 6.45) is -0.421. The molecule has 5 nitrogen and oxygen atoms in total. The number of carbonyl (C=O) groups excluding carboxylic acids is 1. The van der Waals surface area contributed by atoms with Crippen LogP contribution in [-0.4, -0.2) is 29.3 Å². The summed E-state index contributed by atoms with van der Waals surface area (Å²) in [4.78, 5) is 22.9. The predicted octanol–water partition coefficient (Wildman–Crippen LogP) is 3.76. The molecule has 0 saturated carbocycles. The minimum Gasteiger partial charge on any atom is -0.481 e. The molecule has 0 bridgehead atoms. The van der Waals surface area contributed by atoms with Crippen molar-refractivity contribution in [3.05, 3.63) is 33.8 Å². The second kappa shape index (κ2) is 7.70. The van der Waals surface area contributed by atoms with E-state index in [2.05, 4.69) is 5.32 Å². The molecule has 1 rings (SSSR count). The van der Waals surface area contributed by atoms with E-state index in [1.807, 2.05) is 0 Å². The van der Waals surface area contributed by atoms with E-state index in [9.17, 15) is 14.7 Å². The van der Waals surface area contributed by atoms with Gasteiger partial charge in [-0.2, -0.15) is 0 Å². The molecule has 2 N–H and O–H groups in total. The summed E-state index contributed by atoms with van der Waals surface area (Å²) >= 11 is 11.7. The molecule has 0 saturated heterocycles. The van der Waals surface area contributed by atoms with Gasteiger partial charge in [0.25, 0.3) is 0 Å². The van der Waals surface area contributed by atoms with Crippen LogP contribution in [0.15, 0.2) is 18.2 Å². The fourth-order valence-corrected chi connectivity index (χ4v) is 2.04. The zero-order valence-corrected chi connectivity index (χ0v) is 14.2. The van der Waals surface area contributed by atoms with Crippen LogP contribution in [-0.2, 0) is 16.0 Å². The third-order valence-corrected chi connectivity index (χ3v) is 3.45. The number of alkyl carbamates (subject to hydrolysis) is 1. The van der Waals surface area contributed by atoms with Crippen molar-refractivity contribution in [2.24, 2.45) is 5.92 Å². The first-order valence-corrected chi connectivity index (χ1v) is 7.47. The van der Waals surface area contributed by atoms with E-state index in [-0.39, 0.29) is 13.0 Å². The highest BCUT2D eigenvalue weighted by molar-refractivity contribution is 6.42. The van der Waals surface area contributed by atoms with E-state index in [0.717, 1.165) is 5.56 Å². The van der Waals surface area contributed by atoms with Crippen LogP contribution < -0.4 is 5.32 Å². The number of benzene rings is 1. The highest BCUT2D eigenvalue weighted by atomic mass is 35.5. The molecule has 0 aliphatic rings. The maximum Gasteiger partial charge on any atom is 0.407 e. The van der Waals surface area contributed by atoms with E-state index >= 15 is 0 Å². The van der Waals surface area contributed by atoms with Crippen molar-refractivity contribution in [1.82, 2.24) is 5.32 Å². The number of hydrogen-bond acceptors (Lipinski definition) is 3. The van der Waals surface area contributed by atoms with E-state index in [4.69, 9.17) is 27.9 Å². The molecular formula is C15H19Cl2NO4. The van der Waals surface area contributed by atoms with Crippen LogP contribution >= 0.6 is 23.2 Å². The van der Waals surface area contributed by atoms with Gasteiger partial charge in [-0.05, 0) is 44.9 Å². The summed E-state index contributed by atoms with van der Waals surface area (Å²) in [7, 11) is 0. The Hall–Kier alpha value is -1.46. The molecule has 0 aliphatic heterocycles. The van der Waals surface area contributed by atoms with Gasteiger partial charge in [0.2, 0.25) is 0 Å². The molecule has 0 aliphatic carbocycles. The topological polar surface area (TPSA) is 75.6 Å². The zero-order valence-electron chi connectivity index (χ0n) is 12.7. The third kappa shape index (κ3) is 6.54. The monoisotopic (exact) mass is 347 g/mol. The Morgan fingerprint density at radius 3 is 2.41 bits per heavy atom. The predicted molar refractivity (Wildman–Crippen MR) is 85.5 cm³/mol. The van der Waals surface area contributed by atoms with Gasteiger partial charge in [0.05, 0.1) is 16.0 Å². The van der Waals surface area contributed by atoms with Crippen LogP contribution in [0.5, 0.6) is 0 Å². The molecule has 1 aromatic rings. The van der Waals surface area contributed by atoms with Crippen molar-refractivity contribution in [2.45, 2.75) is 32.8 Å². The highest BCUT2D eigenvalue weighted by Gasteiger charge is 2.22.